The minimum absolute atomic E-state index is 0.0330. The molecule has 1 aromatic rings. The molecule has 5 heteroatoms. The molecule has 1 aromatic heterocycles. The van der Waals surface area contributed by atoms with Crippen molar-refractivity contribution in [1.29, 1.82) is 0 Å². The molecule has 0 aliphatic rings. The summed E-state index contributed by atoms with van der Waals surface area (Å²) in [5, 5.41) is 9.93. The topological polar surface area (TPSA) is 40.5 Å². The van der Waals surface area contributed by atoms with E-state index in [0.29, 0.717) is 6.42 Å². The lowest BCUT2D eigenvalue weighted by Gasteiger charge is -2.20. The molecule has 3 nitrogen and oxygen atoms in total. The third-order valence-electron chi connectivity index (χ3n) is 2.28. The Morgan fingerprint density at radius 3 is 2.73 bits per heavy atom. The maximum absolute atomic E-state index is 11.9. The van der Waals surface area contributed by atoms with Crippen LogP contribution in [0.3, 0.4) is 0 Å². The normalized spacial score (nSPS) is 12.5. The van der Waals surface area contributed by atoms with Gasteiger partial charge < -0.3 is 10.0 Å². The second-order valence-corrected chi connectivity index (χ2v) is 5.70. The van der Waals surface area contributed by atoms with Crippen LogP contribution < -0.4 is 4.90 Å². The molecular weight excluding hydrogens is 278 g/mol. The summed E-state index contributed by atoms with van der Waals surface area (Å²) in [4.78, 5) is 13.5. The number of rotatable bonds is 4. The zero-order valence-electron chi connectivity index (χ0n) is 8.74. The van der Waals surface area contributed by atoms with Gasteiger partial charge in [-0.3, -0.25) is 4.79 Å². The number of hydrogen-bond acceptors (Lipinski definition) is 3. The van der Waals surface area contributed by atoms with Crippen LogP contribution >= 0.6 is 27.3 Å². The van der Waals surface area contributed by atoms with Crippen molar-refractivity contribution in [3.8, 4) is 0 Å². The minimum Gasteiger partial charge on any atom is -0.396 e. The third kappa shape index (κ3) is 3.03. The molecule has 0 bridgehead atoms. The summed E-state index contributed by atoms with van der Waals surface area (Å²) in [5.74, 6) is -0.328. The first-order chi connectivity index (χ1) is 7.10. The maximum Gasteiger partial charge on any atom is 0.232 e. The first-order valence-corrected chi connectivity index (χ1v) is 6.34. The highest BCUT2D eigenvalue weighted by atomic mass is 79.9. The van der Waals surface area contributed by atoms with Crippen LogP contribution in [0.25, 0.3) is 0 Å². The zero-order valence-corrected chi connectivity index (χ0v) is 11.1. The van der Waals surface area contributed by atoms with Crippen molar-refractivity contribution in [3.63, 3.8) is 0 Å². The van der Waals surface area contributed by atoms with E-state index >= 15 is 0 Å². The molecule has 0 spiro atoms. The fraction of sp³-hybridized carbons (Fsp3) is 0.500. The van der Waals surface area contributed by atoms with Crippen molar-refractivity contribution < 1.29 is 9.90 Å². The highest BCUT2D eigenvalue weighted by molar-refractivity contribution is 9.11. The van der Waals surface area contributed by atoms with Crippen molar-refractivity contribution in [3.05, 3.63) is 15.9 Å². The Hall–Kier alpha value is -0.390. The number of nitrogens with zero attached hydrogens (tertiary/aromatic N) is 1. The van der Waals surface area contributed by atoms with E-state index in [0.717, 1.165) is 8.79 Å². The van der Waals surface area contributed by atoms with Gasteiger partial charge in [0, 0.05) is 7.05 Å². The Morgan fingerprint density at radius 1 is 1.67 bits per heavy atom. The van der Waals surface area contributed by atoms with Crippen LogP contribution in [-0.2, 0) is 4.79 Å². The molecule has 0 aliphatic heterocycles. The summed E-state index contributed by atoms with van der Waals surface area (Å²) in [6.07, 6.45) is 0.659. The number of aliphatic hydroxyl groups is 1. The summed E-state index contributed by atoms with van der Waals surface area (Å²) in [5.41, 5.74) is 0. The minimum atomic E-state index is -0.295. The molecule has 0 aliphatic carbocycles. The van der Waals surface area contributed by atoms with Gasteiger partial charge in [0.1, 0.15) is 0 Å². The van der Waals surface area contributed by atoms with Gasteiger partial charge in [-0.25, -0.2) is 0 Å². The molecule has 1 rings (SSSR count). The Bertz CT molecular complexity index is 336. The van der Waals surface area contributed by atoms with E-state index in [1.165, 1.54) is 11.3 Å². The second kappa shape index (κ2) is 5.63. The molecule has 1 amide bonds. The Labute approximate surface area is 102 Å². The van der Waals surface area contributed by atoms with Crippen LogP contribution in [0.4, 0.5) is 5.00 Å². The smallest absolute Gasteiger partial charge is 0.232 e. The first kappa shape index (κ1) is 12.7. The Morgan fingerprint density at radius 2 is 2.33 bits per heavy atom. The van der Waals surface area contributed by atoms with Gasteiger partial charge >= 0.3 is 0 Å². The van der Waals surface area contributed by atoms with E-state index in [1.807, 2.05) is 19.1 Å². The molecule has 0 aromatic carbocycles. The lowest BCUT2D eigenvalue weighted by molar-refractivity contribution is -0.123. The molecule has 0 radical (unpaired) electrons. The number of aliphatic hydroxyl groups excluding tert-OH is 1. The van der Waals surface area contributed by atoms with E-state index in [9.17, 15) is 4.79 Å². The fourth-order valence-corrected chi connectivity index (χ4v) is 2.58. The van der Waals surface area contributed by atoms with Crippen molar-refractivity contribution in [2.24, 2.45) is 5.92 Å². The summed E-state index contributed by atoms with van der Waals surface area (Å²) in [6.45, 7) is 1.81. The number of anilines is 1. The monoisotopic (exact) mass is 291 g/mol. The van der Waals surface area contributed by atoms with Crippen LogP contribution in [0.15, 0.2) is 15.9 Å². The first-order valence-electron chi connectivity index (χ1n) is 4.73. The standard InChI is InChI=1S/C10H14BrNO2S/c1-3-7(6-13)10(14)12(2)9-5-4-8(11)15-9/h4-5,7,13H,3,6H2,1-2H3. The SMILES string of the molecule is CCC(CO)C(=O)N(C)c1ccc(Br)s1. The number of thiophene rings is 1. The van der Waals surface area contributed by atoms with Crippen LogP contribution in [-0.4, -0.2) is 24.7 Å². The highest BCUT2D eigenvalue weighted by Gasteiger charge is 2.21. The Balaban J connectivity index is 2.76. The third-order valence-corrected chi connectivity index (χ3v) is 3.98. The fourth-order valence-electron chi connectivity index (χ4n) is 1.25. The second-order valence-electron chi connectivity index (χ2n) is 3.26. The predicted molar refractivity (Wildman–Crippen MR) is 66.3 cm³/mol. The number of hydrogen-bond donors (Lipinski definition) is 1. The largest absolute Gasteiger partial charge is 0.396 e. The number of carbonyl (C=O) groups is 1. The highest BCUT2D eigenvalue weighted by Crippen LogP contribution is 2.30. The van der Waals surface area contributed by atoms with Gasteiger partial charge in [0.25, 0.3) is 0 Å². The maximum atomic E-state index is 11.9. The average Bonchev–Trinajstić information content (AvgIpc) is 2.65. The molecule has 1 heterocycles. The van der Waals surface area contributed by atoms with E-state index in [4.69, 9.17) is 5.11 Å². The van der Waals surface area contributed by atoms with E-state index < -0.39 is 0 Å². The van der Waals surface area contributed by atoms with Crippen LogP contribution in [0.2, 0.25) is 0 Å². The molecule has 15 heavy (non-hydrogen) atoms. The van der Waals surface area contributed by atoms with Gasteiger partial charge in [0.2, 0.25) is 5.91 Å². The van der Waals surface area contributed by atoms with Crippen molar-refractivity contribution in [2.45, 2.75) is 13.3 Å². The van der Waals surface area contributed by atoms with E-state index in [-0.39, 0.29) is 18.4 Å². The average molecular weight is 292 g/mol. The molecule has 0 saturated heterocycles. The summed E-state index contributed by atoms with van der Waals surface area (Å²) in [7, 11) is 1.74. The lowest BCUT2D eigenvalue weighted by atomic mass is 10.1. The van der Waals surface area contributed by atoms with Gasteiger partial charge in [0.05, 0.1) is 21.3 Å². The molecule has 1 N–H and O–H groups in total. The molecule has 84 valence electrons. The number of amides is 1. The van der Waals surface area contributed by atoms with Gasteiger partial charge in [-0.15, -0.1) is 11.3 Å². The molecule has 0 saturated carbocycles. The molecule has 1 unspecified atom stereocenters. The van der Waals surface area contributed by atoms with Gasteiger partial charge in [-0.2, -0.15) is 0 Å². The Kier molecular flexibility index (Phi) is 4.76. The van der Waals surface area contributed by atoms with E-state index in [2.05, 4.69) is 15.9 Å². The zero-order chi connectivity index (χ0) is 11.4. The van der Waals surface area contributed by atoms with Crippen LogP contribution in [0.1, 0.15) is 13.3 Å². The van der Waals surface area contributed by atoms with Crippen LogP contribution in [0, 0.1) is 5.92 Å². The molecule has 0 fully saturated rings. The number of halogens is 1. The lowest BCUT2D eigenvalue weighted by Crippen LogP contribution is -2.33. The van der Waals surface area contributed by atoms with Gasteiger partial charge in [0.15, 0.2) is 0 Å². The number of carbonyl (C=O) groups excluding carboxylic acids is 1. The molecular formula is C10H14BrNO2S. The van der Waals surface area contributed by atoms with Crippen LogP contribution in [0.5, 0.6) is 0 Å². The quantitative estimate of drug-likeness (QED) is 0.926. The van der Waals surface area contributed by atoms with E-state index in [1.54, 1.807) is 11.9 Å². The molecule has 1 atom stereocenters. The predicted octanol–water partition coefficient (Wildman–Crippen LogP) is 2.49. The van der Waals surface area contributed by atoms with Crippen molar-refractivity contribution >= 4 is 38.2 Å². The van der Waals surface area contributed by atoms with Gasteiger partial charge in [-0.05, 0) is 34.5 Å². The van der Waals surface area contributed by atoms with Crippen molar-refractivity contribution in [1.82, 2.24) is 0 Å². The van der Waals surface area contributed by atoms with Crippen molar-refractivity contribution in [2.75, 3.05) is 18.6 Å². The summed E-state index contributed by atoms with van der Waals surface area (Å²) < 4.78 is 0.995. The summed E-state index contributed by atoms with van der Waals surface area (Å²) >= 11 is 4.85. The van der Waals surface area contributed by atoms with Gasteiger partial charge in [-0.1, -0.05) is 6.92 Å². The summed E-state index contributed by atoms with van der Waals surface area (Å²) in [6, 6.07) is 3.79.